The average molecular weight is 283 g/mol. The van der Waals surface area contributed by atoms with E-state index in [0.29, 0.717) is 10.8 Å². The highest BCUT2D eigenvalue weighted by atomic mass is 35.5. The fourth-order valence-electron chi connectivity index (χ4n) is 1.86. The fraction of sp³-hybridized carbons (Fsp3) is 0.308. The molecule has 0 aliphatic heterocycles. The quantitative estimate of drug-likeness (QED) is 0.938. The van der Waals surface area contributed by atoms with Gasteiger partial charge in [0.15, 0.2) is 0 Å². The van der Waals surface area contributed by atoms with Gasteiger partial charge in [-0.05, 0) is 31.5 Å². The molecule has 1 aromatic carbocycles. The lowest BCUT2D eigenvalue weighted by Gasteiger charge is -2.13. The zero-order valence-corrected chi connectivity index (χ0v) is 12.1. The van der Waals surface area contributed by atoms with Gasteiger partial charge in [0, 0.05) is 4.88 Å². The molecule has 1 atom stereocenters. The molecule has 1 unspecified atom stereocenters. The van der Waals surface area contributed by atoms with Gasteiger partial charge in [0.05, 0.1) is 28.9 Å². The Hall–Kier alpha value is -1.10. The highest BCUT2D eigenvalue weighted by molar-refractivity contribution is 7.11. The van der Waals surface area contributed by atoms with Crippen LogP contribution in [0.3, 0.4) is 0 Å². The first-order chi connectivity index (χ1) is 8.52. The monoisotopic (exact) mass is 282 g/mol. The second-order valence-corrected chi connectivity index (χ2v) is 5.70. The molecule has 2 rings (SSSR count). The zero-order valence-electron chi connectivity index (χ0n) is 10.5. The smallest absolute Gasteiger partial charge is 0.137 e. The Bertz CT molecular complexity index is 568. The number of ether oxygens (including phenoxy) is 1. The lowest BCUT2D eigenvalue weighted by Crippen LogP contribution is -2.11. The van der Waals surface area contributed by atoms with E-state index >= 15 is 0 Å². The van der Waals surface area contributed by atoms with E-state index in [1.807, 2.05) is 26.0 Å². The molecule has 5 heteroatoms. The Labute approximate surface area is 116 Å². The van der Waals surface area contributed by atoms with Crippen LogP contribution in [0.2, 0.25) is 5.02 Å². The second-order valence-electron chi connectivity index (χ2n) is 4.05. The van der Waals surface area contributed by atoms with Crippen LogP contribution in [0.5, 0.6) is 5.75 Å². The predicted molar refractivity (Wildman–Crippen MR) is 75.6 cm³/mol. The Balaban J connectivity index is 2.39. The van der Waals surface area contributed by atoms with Crippen molar-refractivity contribution in [3.63, 3.8) is 0 Å². The van der Waals surface area contributed by atoms with Gasteiger partial charge < -0.3 is 10.5 Å². The molecular weight excluding hydrogens is 268 g/mol. The number of halogens is 1. The van der Waals surface area contributed by atoms with E-state index in [9.17, 15) is 0 Å². The van der Waals surface area contributed by atoms with Gasteiger partial charge in [0.2, 0.25) is 0 Å². The van der Waals surface area contributed by atoms with Crippen LogP contribution in [-0.4, -0.2) is 12.1 Å². The minimum atomic E-state index is -0.192. The molecule has 0 radical (unpaired) electrons. The van der Waals surface area contributed by atoms with E-state index < -0.39 is 0 Å². The van der Waals surface area contributed by atoms with Gasteiger partial charge in [-0.25, -0.2) is 4.98 Å². The van der Waals surface area contributed by atoms with Crippen molar-refractivity contribution in [1.82, 2.24) is 4.98 Å². The van der Waals surface area contributed by atoms with E-state index in [-0.39, 0.29) is 6.04 Å². The standard InChI is InChI=1S/C13H15ClN2OS/c1-7-13(18-8(2)16-7)12(15)9-4-5-10(14)11(6-9)17-3/h4-6,12H,15H2,1-3H3. The molecule has 0 saturated carbocycles. The SMILES string of the molecule is COc1cc(C(N)c2sc(C)nc2C)ccc1Cl. The van der Waals surface area contributed by atoms with Gasteiger partial charge in [-0.15, -0.1) is 11.3 Å². The number of hydrogen-bond acceptors (Lipinski definition) is 4. The third-order valence-corrected chi connectivity index (χ3v) is 4.22. The fourth-order valence-corrected chi connectivity index (χ4v) is 3.01. The summed E-state index contributed by atoms with van der Waals surface area (Å²) in [5.41, 5.74) is 8.24. The maximum absolute atomic E-state index is 6.28. The average Bonchev–Trinajstić information content (AvgIpc) is 2.68. The number of rotatable bonds is 3. The maximum Gasteiger partial charge on any atom is 0.137 e. The molecular formula is C13H15ClN2OS. The summed E-state index contributed by atoms with van der Waals surface area (Å²) in [7, 11) is 1.60. The van der Waals surface area contributed by atoms with E-state index in [1.165, 1.54) is 0 Å². The zero-order chi connectivity index (χ0) is 13.3. The summed E-state index contributed by atoms with van der Waals surface area (Å²) >= 11 is 7.63. The lowest BCUT2D eigenvalue weighted by molar-refractivity contribution is 0.414. The molecule has 0 fully saturated rings. The van der Waals surface area contributed by atoms with E-state index in [4.69, 9.17) is 22.1 Å². The first-order valence-electron chi connectivity index (χ1n) is 5.56. The Kier molecular flexibility index (Phi) is 3.90. The lowest BCUT2D eigenvalue weighted by atomic mass is 10.1. The van der Waals surface area contributed by atoms with Gasteiger partial charge in [-0.1, -0.05) is 17.7 Å². The van der Waals surface area contributed by atoms with Gasteiger partial charge in [-0.2, -0.15) is 0 Å². The Morgan fingerprint density at radius 3 is 2.67 bits per heavy atom. The van der Waals surface area contributed by atoms with E-state index in [1.54, 1.807) is 24.5 Å². The normalized spacial score (nSPS) is 12.5. The number of aryl methyl sites for hydroxylation is 2. The molecule has 96 valence electrons. The molecule has 0 amide bonds. The highest BCUT2D eigenvalue weighted by Gasteiger charge is 2.16. The van der Waals surface area contributed by atoms with Crippen molar-refractivity contribution < 1.29 is 4.74 Å². The highest BCUT2D eigenvalue weighted by Crippen LogP contribution is 2.32. The third-order valence-electron chi connectivity index (χ3n) is 2.76. The topological polar surface area (TPSA) is 48.1 Å². The van der Waals surface area contributed by atoms with Gasteiger partial charge >= 0.3 is 0 Å². The van der Waals surface area contributed by atoms with Crippen molar-refractivity contribution >= 4 is 22.9 Å². The van der Waals surface area contributed by atoms with Gasteiger partial charge in [0.25, 0.3) is 0 Å². The minimum absolute atomic E-state index is 0.192. The molecule has 18 heavy (non-hydrogen) atoms. The van der Waals surface area contributed by atoms with Crippen LogP contribution in [0.1, 0.15) is 27.2 Å². The second kappa shape index (κ2) is 5.26. The number of nitrogens with two attached hydrogens (primary N) is 1. The molecule has 0 aliphatic rings. The number of aromatic nitrogens is 1. The molecule has 0 bridgehead atoms. The van der Waals surface area contributed by atoms with Crippen molar-refractivity contribution in [3.05, 3.63) is 44.4 Å². The van der Waals surface area contributed by atoms with Crippen LogP contribution >= 0.6 is 22.9 Å². The van der Waals surface area contributed by atoms with Crippen molar-refractivity contribution in [2.45, 2.75) is 19.9 Å². The molecule has 1 aromatic heterocycles. The van der Waals surface area contributed by atoms with E-state index in [2.05, 4.69) is 4.98 Å². The molecule has 0 aliphatic carbocycles. The first-order valence-corrected chi connectivity index (χ1v) is 6.75. The van der Waals surface area contributed by atoms with Crippen LogP contribution in [0.15, 0.2) is 18.2 Å². The van der Waals surface area contributed by atoms with Crippen LogP contribution < -0.4 is 10.5 Å². The summed E-state index contributed by atoms with van der Waals surface area (Å²) in [6.45, 7) is 3.96. The number of hydrogen-bond donors (Lipinski definition) is 1. The molecule has 2 aromatic rings. The summed E-state index contributed by atoms with van der Waals surface area (Å²) in [4.78, 5) is 5.48. The van der Waals surface area contributed by atoms with Gasteiger partial charge in [0.1, 0.15) is 5.75 Å². The minimum Gasteiger partial charge on any atom is -0.495 e. The molecule has 3 nitrogen and oxygen atoms in total. The molecule has 0 saturated heterocycles. The predicted octanol–water partition coefficient (Wildman–Crippen LogP) is 3.47. The largest absolute Gasteiger partial charge is 0.495 e. The first kappa shape index (κ1) is 13.3. The summed E-state index contributed by atoms with van der Waals surface area (Å²) in [6, 6.07) is 5.41. The summed E-state index contributed by atoms with van der Waals surface area (Å²) in [5, 5.41) is 1.62. The van der Waals surface area contributed by atoms with Crippen LogP contribution in [-0.2, 0) is 0 Å². The number of thiazole rings is 1. The van der Waals surface area contributed by atoms with Crippen LogP contribution in [0, 0.1) is 13.8 Å². The van der Waals surface area contributed by atoms with Crippen molar-refractivity contribution in [3.8, 4) is 5.75 Å². The molecule has 2 N–H and O–H groups in total. The Morgan fingerprint density at radius 2 is 2.11 bits per heavy atom. The third kappa shape index (κ3) is 2.51. The number of nitrogens with zero attached hydrogens (tertiary/aromatic N) is 1. The van der Waals surface area contributed by atoms with Crippen LogP contribution in [0.4, 0.5) is 0 Å². The summed E-state index contributed by atoms with van der Waals surface area (Å²) < 4.78 is 5.21. The Morgan fingerprint density at radius 1 is 1.39 bits per heavy atom. The molecule has 1 heterocycles. The number of benzene rings is 1. The van der Waals surface area contributed by atoms with Crippen molar-refractivity contribution in [1.29, 1.82) is 0 Å². The summed E-state index contributed by atoms with van der Waals surface area (Å²) in [6.07, 6.45) is 0. The number of methoxy groups -OCH3 is 1. The van der Waals surface area contributed by atoms with E-state index in [0.717, 1.165) is 21.1 Å². The van der Waals surface area contributed by atoms with Crippen molar-refractivity contribution in [2.75, 3.05) is 7.11 Å². The maximum atomic E-state index is 6.28. The van der Waals surface area contributed by atoms with Gasteiger partial charge in [-0.3, -0.25) is 0 Å². The van der Waals surface area contributed by atoms with Crippen molar-refractivity contribution in [2.24, 2.45) is 5.73 Å². The molecule has 0 spiro atoms. The summed E-state index contributed by atoms with van der Waals surface area (Å²) in [5.74, 6) is 0.642. The van der Waals surface area contributed by atoms with Crippen LogP contribution in [0.25, 0.3) is 0 Å².